The maximum Gasteiger partial charge on any atom is 0.0195 e. The molecule has 0 amide bonds. The van der Waals surface area contributed by atoms with Crippen molar-refractivity contribution in [3.63, 3.8) is 0 Å². The fourth-order valence-electron chi connectivity index (χ4n) is 2.31. The first-order chi connectivity index (χ1) is 7.63. The summed E-state index contributed by atoms with van der Waals surface area (Å²) in [6.45, 7) is 9.33. The Morgan fingerprint density at radius 2 is 2.25 bits per heavy atom. The summed E-state index contributed by atoms with van der Waals surface area (Å²) >= 11 is 0. The van der Waals surface area contributed by atoms with Crippen LogP contribution in [0.15, 0.2) is 0 Å². The standard InChI is InChI=1S/C13H29N3/c1-5-12(2)16(4)10-8-14-13-7-6-9-15(3)11-13/h12-14H,5-11H2,1-4H3. The number of hydrogen-bond acceptors (Lipinski definition) is 3. The molecular weight excluding hydrogens is 198 g/mol. The predicted molar refractivity (Wildman–Crippen MR) is 70.9 cm³/mol. The lowest BCUT2D eigenvalue weighted by Gasteiger charge is -2.31. The highest BCUT2D eigenvalue weighted by atomic mass is 15.2. The van der Waals surface area contributed by atoms with Crippen molar-refractivity contribution < 1.29 is 0 Å². The van der Waals surface area contributed by atoms with Crippen LogP contribution in [-0.4, -0.2) is 62.2 Å². The second kappa shape index (κ2) is 7.25. The number of likely N-dealkylation sites (N-methyl/N-ethyl adjacent to an activating group) is 2. The normalized spacial score (nSPS) is 24.9. The Morgan fingerprint density at radius 3 is 2.88 bits per heavy atom. The van der Waals surface area contributed by atoms with Gasteiger partial charge in [-0.2, -0.15) is 0 Å². The molecular formula is C13H29N3. The molecule has 3 heteroatoms. The third-order valence-corrected chi connectivity index (χ3v) is 3.87. The lowest BCUT2D eigenvalue weighted by molar-refractivity contribution is 0.210. The van der Waals surface area contributed by atoms with Crippen LogP contribution in [0.5, 0.6) is 0 Å². The molecule has 0 aliphatic carbocycles. The van der Waals surface area contributed by atoms with Gasteiger partial charge in [-0.25, -0.2) is 0 Å². The van der Waals surface area contributed by atoms with E-state index in [1.54, 1.807) is 0 Å². The van der Waals surface area contributed by atoms with Crippen LogP contribution in [0.3, 0.4) is 0 Å². The highest BCUT2D eigenvalue weighted by Crippen LogP contribution is 2.07. The van der Waals surface area contributed by atoms with Gasteiger partial charge in [-0.05, 0) is 46.8 Å². The van der Waals surface area contributed by atoms with E-state index in [1.165, 1.54) is 32.4 Å². The molecule has 1 N–H and O–H groups in total. The smallest absolute Gasteiger partial charge is 0.0195 e. The van der Waals surface area contributed by atoms with Crippen LogP contribution >= 0.6 is 0 Å². The maximum absolute atomic E-state index is 3.68. The fraction of sp³-hybridized carbons (Fsp3) is 1.00. The largest absolute Gasteiger partial charge is 0.311 e. The van der Waals surface area contributed by atoms with E-state index in [4.69, 9.17) is 0 Å². The molecule has 0 aromatic carbocycles. The van der Waals surface area contributed by atoms with Crippen molar-refractivity contribution in [3.05, 3.63) is 0 Å². The molecule has 96 valence electrons. The van der Waals surface area contributed by atoms with Gasteiger partial charge in [0.1, 0.15) is 0 Å². The zero-order valence-electron chi connectivity index (χ0n) is 11.5. The second-order valence-corrected chi connectivity index (χ2v) is 5.29. The lowest BCUT2D eigenvalue weighted by atomic mass is 10.1. The van der Waals surface area contributed by atoms with Gasteiger partial charge in [0.25, 0.3) is 0 Å². The Morgan fingerprint density at radius 1 is 1.50 bits per heavy atom. The quantitative estimate of drug-likeness (QED) is 0.740. The minimum absolute atomic E-state index is 0.704. The number of likely N-dealkylation sites (tertiary alicyclic amines) is 1. The van der Waals surface area contributed by atoms with E-state index in [0.717, 1.165) is 13.1 Å². The lowest BCUT2D eigenvalue weighted by Crippen LogP contribution is -2.46. The van der Waals surface area contributed by atoms with Gasteiger partial charge < -0.3 is 15.1 Å². The van der Waals surface area contributed by atoms with Gasteiger partial charge in [0.15, 0.2) is 0 Å². The van der Waals surface area contributed by atoms with Crippen molar-refractivity contribution >= 4 is 0 Å². The highest BCUT2D eigenvalue weighted by Gasteiger charge is 2.16. The number of hydrogen-bond donors (Lipinski definition) is 1. The topological polar surface area (TPSA) is 18.5 Å². The van der Waals surface area contributed by atoms with E-state index in [1.807, 2.05) is 0 Å². The summed E-state index contributed by atoms with van der Waals surface area (Å²) in [6.07, 6.45) is 3.93. The van der Waals surface area contributed by atoms with E-state index < -0.39 is 0 Å². The maximum atomic E-state index is 3.68. The van der Waals surface area contributed by atoms with Crippen LogP contribution in [-0.2, 0) is 0 Å². The van der Waals surface area contributed by atoms with E-state index >= 15 is 0 Å². The zero-order valence-corrected chi connectivity index (χ0v) is 11.5. The molecule has 1 fully saturated rings. The highest BCUT2D eigenvalue weighted by molar-refractivity contribution is 4.76. The third-order valence-electron chi connectivity index (χ3n) is 3.87. The summed E-state index contributed by atoms with van der Waals surface area (Å²) in [5.41, 5.74) is 0. The number of piperidine rings is 1. The molecule has 0 bridgehead atoms. The molecule has 0 aromatic rings. The molecule has 0 saturated carbocycles. The molecule has 2 atom stereocenters. The second-order valence-electron chi connectivity index (χ2n) is 5.29. The SMILES string of the molecule is CCC(C)N(C)CCNC1CCCN(C)C1. The Balaban J connectivity index is 2.10. The van der Waals surface area contributed by atoms with Gasteiger partial charge in [-0.15, -0.1) is 0 Å². The summed E-state index contributed by atoms with van der Waals surface area (Å²) in [7, 11) is 4.45. The van der Waals surface area contributed by atoms with Crippen molar-refractivity contribution in [2.75, 3.05) is 40.3 Å². The van der Waals surface area contributed by atoms with Crippen LogP contribution in [0.2, 0.25) is 0 Å². The molecule has 3 nitrogen and oxygen atoms in total. The first-order valence-electron chi connectivity index (χ1n) is 6.75. The first kappa shape index (κ1) is 13.9. The minimum Gasteiger partial charge on any atom is -0.311 e. The van der Waals surface area contributed by atoms with Crippen LogP contribution in [0, 0.1) is 0 Å². The van der Waals surface area contributed by atoms with E-state index in [-0.39, 0.29) is 0 Å². The molecule has 1 rings (SSSR count). The van der Waals surface area contributed by atoms with Crippen LogP contribution in [0.25, 0.3) is 0 Å². The molecule has 0 radical (unpaired) electrons. The third kappa shape index (κ3) is 4.81. The van der Waals surface area contributed by atoms with Crippen molar-refractivity contribution in [2.24, 2.45) is 0 Å². The molecule has 1 aliphatic rings. The Kier molecular flexibility index (Phi) is 6.32. The molecule has 0 aromatic heterocycles. The summed E-state index contributed by atoms with van der Waals surface area (Å²) < 4.78 is 0. The zero-order chi connectivity index (χ0) is 12.0. The summed E-state index contributed by atoms with van der Waals surface area (Å²) in [6, 6.07) is 1.42. The van der Waals surface area contributed by atoms with Crippen molar-refractivity contribution in [1.29, 1.82) is 0 Å². The predicted octanol–water partition coefficient (Wildman–Crippen LogP) is 1.40. The van der Waals surface area contributed by atoms with Crippen LogP contribution in [0.4, 0.5) is 0 Å². The Bertz CT molecular complexity index is 184. The average Bonchev–Trinajstić information content (AvgIpc) is 2.28. The van der Waals surface area contributed by atoms with Crippen molar-refractivity contribution in [3.8, 4) is 0 Å². The summed E-state index contributed by atoms with van der Waals surface area (Å²) in [5, 5.41) is 3.68. The fourth-order valence-corrected chi connectivity index (χ4v) is 2.31. The van der Waals surface area contributed by atoms with Crippen molar-refractivity contribution in [2.45, 2.75) is 45.2 Å². The monoisotopic (exact) mass is 227 g/mol. The average molecular weight is 227 g/mol. The number of rotatable bonds is 6. The van der Waals surface area contributed by atoms with E-state index in [9.17, 15) is 0 Å². The first-order valence-corrected chi connectivity index (χ1v) is 6.75. The van der Waals surface area contributed by atoms with Crippen LogP contribution in [0.1, 0.15) is 33.1 Å². The van der Waals surface area contributed by atoms with Crippen LogP contribution < -0.4 is 5.32 Å². The van der Waals surface area contributed by atoms with Gasteiger partial charge in [0, 0.05) is 31.7 Å². The van der Waals surface area contributed by atoms with Gasteiger partial charge >= 0.3 is 0 Å². The Labute approximate surface area is 101 Å². The summed E-state index contributed by atoms with van der Waals surface area (Å²) in [5.74, 6) is 0. The summed E-state index contributed by atoms with van der Waals surface area (Å²) in [4.78, 5) is 4.87. The van der Waals surface area contributed by atoms with Gasteiger partial charge in [0.2, 0.25) is 0 Å². The molecule has 1 heterocycles. The van der Waals surface area contributed by atoms with Gasteiger partial charge in [0.05, 0.1) is 0 Å². The number of nitrogens with one attached hydrogen (secondary N) is 1. The number of nitrogens with zero attached hydrogens (tertiary/aromatic N) is 2. The minimum atomic E-state index is 0.704. The Hall–Kier alpha value is -0.120. The molecule has 1 aliphatic heterocycles. The molecule has 2 unspecified atom stereocenters. The van der Waals surface area contributed by atoms with Crippen molar-refractivity contribution in [1.82, 2.24) is 15.1 Å². The van der Waals surface area contributed by atoms with E-state index in [2.05, 4.69) is 43.1 Å². The van der Waals surface area contributed by atoms with E-state index in [0.29, 0.717) is 12.1 Å². The van der Waals surface area contributed by atoms with Gasteiger partial charge in [-0.1, -0.05) is 6.92 Å². The molecule has 0 spiro atoms. The molecule has 16 heavy (non-hydrogen) atoms. The van der Waals surface area contributed by atoms with Gasteiger partial charge in [-0.3, -0.25) is 0 Å². The molecule has 1 saturated heterocycles.